The lowest BCUT2D eigenvalue weighted by Gasteiger charge is -2.23. The van der Waals surface area contributed by atoms with Crippen LogP contribution in [0.1, 0.15) is 5.56 Å². The molecule has 0 spiro atoms. The summed E-state index contributed by atoms with van der Waals surface area (Å²) in [5.41, 5.74) is 1.82. The summed E-state index contributed by atoms with van der Waals surface area (Å²) in [6, 6.07) is 12.0. The van der Waals surface area contributed by atoms with Crippen LogP contribution in [0.15, 0.2) is 42.5 Å². The maximum absolute atomic E-state index is 12.9. The summed E-state index contributed by atoms with van der Waals surface area (Å²) in [5.74, 6) is 1.26. The fourth-order valence-electron chi connectivity index (χ4n) is 2.28. The van der Waals surface area contributed by atoms with Crippen molar-refractivity contribution in [2.24, 2.45) is 0 Å². The van der Waals surface area contributed by atoms with Crippen molar-refractivity contribution in [2.45, 2.75) is 6.54 Å². The number of hydrogen-bond donors (Lipinski definition) is 1. The van der Waals surface area contributed by atoms with Crippen molar-refractivity contribution in [3.63, 3.8) is 0 Å². The summed E-state index contributed by atoms with van der Waals surface area (Å²) in [6.07, 6.45) is 0. The Hall–Kier alpha value is -2.34. The van der Waals surface area contributed by atoms with Gasteiger partial charge in [0.1, 0.15) is 19.0 Å². The molecule has 2 aromatic rings. The van der Waals surface area contributed by atoms with Crippen LogP contribution in [0.25, 0.3) is 0 Å². The van der Waals surface area contributed by atoms with E-state index in [1.807, 2.05) is 30.1 Å². The average Bonchev–Trinajstić information content (AvgIpc) is 2.56. The second-order valence-electron chi connectivity index (χ2n) is 5.27. The smallest absolute Gasteiger partial charge is 0.173 e. The molecule has 3 rings (SSSR count). The molecule has 0 fully saturated rings. The van der Waals surface area contributed by atoms with E-state index < -0.39 is 0 Å². The summed E-state index contributed by atoms with van der Waals surface area (Å²) >= 11 is 5.38. The third-order valence-electron chi connectivity index (χ3n) is 3.47. The molecule has 0 radical (unpaired) electrons. The van der Waals surface area contributed by atoms with Gasteiger partial charge in [0.05, 0.1) is 0 Å². The monoisotopic (exact) mass is 332 g/mol. The number of halogens is 1. The van der Waals surface area contributed by atoms with E-state index in [1.165, 1.54) is 12.1 Å². The molecule has 0 aliphatic carbocycles. The van der Waals surface area contributed by atoms with Crippen molar-refractivity contribution in [1.29, 1.82) is 0 Å². The van der Waals surface area contributed by atoms with Gasteiger partial charge in [-0.15, -0.1) is 0 Å². The normalized spacial score (nSPS) is 12.6. The first-order chi connectivity index (χ1) is 11.1. The van der Waals surface area contributed by atoms with Crippen LogP contribution in [0.2, 0.25) is 0 Å². The average molecular weight is 332 g/mol. The van der Waals surface area contributed by atoms with Crippen LogP contribution in [0.4, 0.5) is 10.1 Å². The Bertz CT molecular complexity index is 706. The second-order valence-corrected chi connectivity index (χ2v) is 5.66. The molecule has 0 bridgehead atoms. The maximum Gasteiger partial charge on any atom is 0.173 e. The number of fused-ring (bicyclic) bond motifs is 1. The van der Waals surface area contributed by atoms with Crippen LogP contribution < -0.4 is 14.8 Å². The molecule has 1 aliphatic rings. The van der Waals surface area contributed by atoms with Crippen LogP contribution >= 0.6 is 12.2 Å². The number of hydrogen-bond acceptors (Lipinski definition) is 3. The van der Waals surface area contributed by atoms with Gasteiger partial charge in [-0.2, -0.15) is 0 Å². The van der Waals surface area contributed by atoms with Crippen molar-refractivity contribution in [1.82, 2.24) is 4.90 Å². The third-order valence-corrected chi connectivity index (χ3v) is 3.88. The molecule has 23 heavy (non-hydrogen) atoms. The zero-order chi connectivity index (χ0) is 16.2. The van der Waals surface area contributed by atoms with E-state index in [9.17, 15) is 4.39 Å². The number of anilines is 1. The summed E-state index contributed by atoms with van der Waals surface area (Å²) < 4.78 is 24.0. The van der Waals surface area contributed by atoms with E-state index in [4.69, 9.17) is 21.7 Å². The van der Waals surface area contributed by atoms with Gasteiger partial charge in [-0.05, 0) is 54.2 Å². The summed E-state index contributed by atoms with van der Waals surface area (Å²) in [6.45, 7) is 1.78. The van der Waals surface area contributed by atoms with E-state index in [0.717, 1.165) is 22.7 Å². The molecule has 0 atom stereocenters. The first-order valence-corrected chi connectivity index (χ1v) is 7.69. The second kappa shape index (κ2) is 6.83. The van der Waals surface area contributed by atoms with Crippen LogP contribution in [0.3, 0.4) is 0 Å². The molecule has 0 amide bonds. The Morgan fingerprint density at radius 2 is 1.83 bits per heavy atom. The SMILES string of the molecule is CN(Cc1ccc2c(c1)OCCO2)C(=S)Nc1ccc(F)cc1. The Balaban J connectivity index is 1.62. The van der Waals surface area contributed by atoms with Gasteiger partial charge in [0, 0.05) is 19.3 Å². The van der Waals surface area contributed by atoms with Crippen LogP contribution in [0, 0.1) is 5.82 Å². The molecular formula is C17H17FN2O2S. The first kappa shape index (κ1) is 15.6. The summed E-state index contributed by atoms with van der Waals surface area (Å²) in [5, 5.41) is 3.65. The Morgan fingerprint density at radius 3 is 2.57 bits per heavy atom. The van der Waals surface area contributed by atoms with Gasteiger partial charge < -0.3 is 19.7 Å². The molecule has 0 unspecified atom stereocenters. The van der Waals surface area contributed by atoms with Gasteiger partial charge in [-0.3, -0.25) is 0 Å². The highest BCUT2D eigenvalue weighted by Gasteiger charge is 2.13. The number of benzene rings is 2. The molecule has 2 aromatic carbocycles. The highest BCUT2D eigenvalue weighted by Crippen LogP contribution is 2.31. The lowest BCUT2D eigenvalue weighted by atomic mass is 10.2. The zero-order valence-corrected chi connectivity index (χ0v) is 13.5. The van der Waals surface area contributed by atoms with Crippen LogP contribution in [-0.4, -0.2) is 30.3 Å². The molecule has 6 heteroatoms. The first-order valence-electron chi connectivity index (χ1n) is 7.28. The van der Waals surface area contributed by atoms with Gasteiger partial charge in [-0.1, -0.05) is 6.07 Å². The highest BCUT2D eigenvalue weighted by atomic mass is 32.1. The van der Waals surface area contributed by atoms with Gasteiger partial charge in [0.15, 0.2) is 16.6 Å². The summed E-state index contributed by atoms with van der Waals surface area (Å²) in [7, 11) is 1.90. The van der Waals surface area contributed by atoms with Gasteiger partial charge in [0.2, 0.25) is 0 Å². The van der Waals surface area contributed by atoms with E-state index in [2.05, 4.69) is 5.32 Å². The molecule has 0 saturated heterocycles. The Kier molecular flexibility index (Phi) is 4.62. The van der Waals surface area contributed by atoms with Gasteiger partial charge >= 0.3 is 0 Å². The minimum atomic E-state index is -0.272. The molecule has 1 heterocycles. The highest BCUT2D eigenvalue weighted by molar-refractivity contribution is 7.80. The number of nitrogens with zero attached hydrogens (tertiary/aromatic N) is 1. The minimum Gasteiger partial charge on any atom is -0.486 e. The van der Waals surface area contributed by atoms with E-state index in [-0.39, 0.29) is 5.82 Å². The molecule has 1 N–H and O–H groups in total. The molecule has 4 nitrogen and oxygen atoms in total. The quantitative estimate of drug-likeness (QED) is 0.871. The van der Waals surface area contributed by atoms with Crippen molar-refractivity contribution in [3.05, 3.63) is 53.8 Å². The maximum atomic E-state index is 12.9. The molecular weight excluding hydrogens is 315 g/mol. The molecule has 0 saturated carbocycles. The number of nitrogens with one attached hydrogen (secondary N) is 1. The van der Waals surface area contributed by atoms with Crippen LogP contribution in [-0.2, 0) is 6.54 Å². The molecule has 120 valence electrons. The number of ether oxygens (including phenoxy) is 2. The predicted octanol–water partition coefficient (Wildman–Crippen LogP) is 3.43. The lowest BCUT2D eigenvalue weighted by molar-refractivity contribution is 0.171. The van der Waals surface area contributed by atoms with Crippen molar-refractivity contribution in [3.8, 4) is 11.5 Å². The minimum absolute atomic E-state index is 0.272. The van der Waals surface area contributed by atoms with Crippen LogP contribution in [0.5, 0.6) is 11.5 Å². The molecule has 1 aliphatic heterocycles. The summed E-state index contributed by atoms with van der Waals surface area (Å²) in [4.78, 5) is 1.91. The van der Waals surface area contributed by atoms with E-state index in [1.54, 1.807) is 12.1 Å². The Morgan fingerprint density at radius 1 is 1.13 bits per heavy atom. The van der Waals surface area contributed by atoms with Crippen molar-refractivity contribution in [2.75, 3.05) is 25.6 Å². The van der Waals surface area contributed by atoms with E-state index >= 15 is 0 Å². The fourth-order valence-corrected chi connectivity index (χ4v) is 2.47. The van der Waals surface area contributed by atoms with Gasteiger partial charge in [-0.25, -0.2) is 4.39 Å². The molecule has 0 aromatic heterocycles. The number of rotatable bonds is 3. The van der Waals surface area contributed by atoms with Crippen molar-refractivity contribution >= 4 is 23.0 Å². The zero-order valence-electron chi connectivity index (χ0n) is 12.7. The van der Waals surface area contributed by atoms with Crippen molar-refractivity contribution < 1.29 is 13.9 Å². The topological polar surface area (TPSA) is 33.7 Å². The van der Waals surface area contributed by atoms with E-state index in [0.29, 0.717) is 24.9 Å². The number of thiocarbonyl (C=S) groups is 1. The fraction of sp³-hybridized carbons (Fsp3) is 0.235. The standard InChI is InChI=1S/C17H17FN2O2S/c1-20(17(23)19-14-5-3-13(18)4-6-14)11-12-2-7-15-16(10-12)22-9-8-21-15/h2-7,10H,8-9,11H2,1H3,(H,19,23). The predicted molar refractivity (Wildman–Crippen MR) is 91.5 cm³/mol. The Labute approximate surface area is 139 Å². The lowest BCUT2D eigenvalue weighted by Crippen LogP contribution is -2.30. The third kappa shape index (κ3) is 3.90. The van der Waals surface area contributed by atoms with Gasteiger partial charge in [0.25, 0.3) is 0 Å². The largest absolute Gasteiger partial charge is 0.486 e.